The molecular formula is C17H18BrN5O2S. The maximum atomic E-state index is 12.6. The van der Waals surface area contributed by atoms with E-state index in [0.29, 0.717) is 22.7 Å². The summed E-state index contributed by atoms with van der Waals surface area (Å²) in [6.45, 7) is 2.53. The second-order valence-corrected chi connectivity index (χ2v) is 7.59. The quantitative estimate of drug-likeness (QED) is 0.475. The largest absolute Gasteiger partial charge is 0.325 e. The van der Waals surface area contributed by atoms with E-state index in [-0.39, 0.29) is 17.2 Å². The van der Waals surface area contributed by atoms with Crippen LogP contribution in [0, 0.1) is 0 Å². The Morgan fingerprint density at radius 1 is 1.31 bits per heavy atom. The minimum Gasteiger partial charge on any atom is -0.325 e. The van der Waals surface area contributed by atoms with Gasteiger partial charge in [0.1, 0.15) is 5.52 Å². The van der Waals surface area contributed by atoms with E-state index in [0.717, 1.165) is 16.6 Å². The molecule has 0 fully saturated rings. The second-order valence-electron chi connectivity index (χ2n) is 5.73. The normalized spacial score (nSPS) is 11.0. The molecule has 7 nitrogen and oxygen atoms in total. The number of nitrogens with zero attached hydrogens (tertiary/aromatic N) is 4. The average molecular weight is 436 g/mol. The van der Waals surface area contributed by atoms with Crippen LogP contribution in [0.3, 0.4) is 0 Å². The second kappa shape index (κ2) is 8.05. The summed E-state index contributed by atoms with van der Waals surface area (Å²) in [5.41, 5.74) is 1.44. The van der Waals surface area contributed by atoms with Gasteiger partial charge in [-0.25, -0.2) is 4.98 Å². The smallest absolute Gasteiger partial charge is 0.282 e. The van der Waals surface area contributed by atoms with Crippen molar-refractivity contribution in [2.45, 2.75) is 25.0 Å². The Hall–Kier alpha value is -2.13. The molecule has 1 amide bonds. The number of anilines is 1. The van der Waals surface area contributed by atoms with Crippen LogP contribution in [0.1, 0.15) is 13.3 Å². The van der Waals surface area contributed by atoms with Crippen molar-refractivity contribution in [3.05, 3.63) is 45.3 Å². The third-order valence-electron chi connectivity index (χ3n) is 3.61. The van der Waals surface area contributed by atoms with Crippen molar-refractivity contribution in [1.29, 1.82) is 0 Å². The number of carbonyl (C=O) groups is 1. The molecule has 0 aliphatic carbocycles. The van der Waals surface area contributed by atoms with Crippen LogP contribution in [0.5, 0.6) is 0 Å². The van der Waals surface area contributed by atoms with Crippen molar-refractivity contribution in [3.63, 3.8) is 0 Å². The molecule has 0 aliphatic heterocycles. The number of thioether (sulfide) groups is 1. The summed E-state index contributed by atoms with van der Waals surface area (Å²) in [5, 5.41) is 7.55. The number of hydrogen-bond donors (Lipinski definition) is 1. The molecule has 9 heteroatoms. The van der Waals surface area contributed by atoms with E-state index in [1.807, 2.05) is 31.2 Å². The van der Waals surface area contributed by atoms with Gasteiger partial charge in [0, 0.05) is 23.8 Å². The molecule has 0 unspecified atom stereocenters. The highest BCUT2D eigenvalue weighted by Crippen LogP contribution is 2.19. The zero-order chi connectivity index (χ0) is 18.7. The Labute approximate surface area is 162 Å². The van der Waals surface area contributed by atoms with Crippen LogP contribution in [0.15, 0.2) is 44.9 Å². The topological polar surface area (TPSA) is 81.8 Å². The summed E-state index contributed by atoms with van der Waals surface area (Å²) in [5.74, 6) is 0.0127. The SMILES string of the molecule is CCCn1c(SCC(=O)Nc2ccc(Br)cc2)nc2cn(C)nc2c1=O. The molecule has 2 heterocycles. The highest BCUT2D eigenvalue weighted by atomic mass is 79.9. The Bertz CT molecular complexity index is 997. The van der Waals surface area contributed by atoms with Gasteiger partial charge in [0.25, 0.3) is 5.56 Å². The lowest BCUT2D eigenvalue weighted by Crippen LogP contribution is -2.24. The first-order valence-corrected chi connectivity index (χ1v) is 9.88. The van der Waals surface area contributed by atoms with E-state index in [9.17, 15) is 9.59 Å². The molecular weight excluding hydrogens is 418 g/mol. The van der Waals surface area contributed by atoms with Crippen molar-refractivity contribution in [2.24, 2.45) is 7.05 Å². The number of benzene rings is 1. The summed E-state index contributed by atoms with van der Waals surface area (Å²) in [6.07, 6.45) is 2.50. The van der Waals surface area contributed by atoms with Gasteiger partial charge in [0.15, 0.2) is 10.7 Å². The van der Waals surface area contributed by atoms with E-state index in [2.05, 4.69) is 31.3 Å². The first-order valence-electron chi connectivity index (χ1n) is 8.10. The first kappa shape index (κ1) is 18.7. The lowest BCUT2D eigenvalue weighted by molar-refractivity contribution is -0.113. The zero-order valence-corrected chi connectivity index (χ0v) is 16.8. The van der Waals surface area contributed by atoms with Crippen LogP contribution in [0.4, 0.5) is 5.69 Å². The Morgan fingerprint density at radius 2 is 2.04 bits per heavy atom. The van der Waals surface area contributed by atoms with Crippen LogP contribution in [-0.4, -0.2) is 31.0 Å². The van der Waals surface area contributed by atoms with E-state index < -0.39 is 0 Å². The third kappa shape index (κ3) is 4.16. The van der Waals surface area contributed by atoms with Gasteiger partial charge in [-0.15, -0.1) is 0 Å². The van der Waals surface area contributed by atoms with Gasteiger partial charge in [0.2, 0.25) is 5.91 Å². The number of halogens is 1. The predicted molar refractivity (Wildman–Crippen MR) is 107 cm³/mol. The number of rotatable bonds is 6. The molecule has 1 aromatic carbocycles. The highest BCUT2D eigenvalue weighted by molar-refractivity contribution is 9.10. The van der Waals surface area contributed by atoms with Gasteiger partial charge >= 0.3 is 0 Å². The molecule has 0 saturated carbocycles. The number of carbonyl (C=O) groups excluding carboxylic acids is 1. The average Bonchev–Trinajstić information content (AvgIpc) is 2.99. The highest BCUT2D eigenvalue weighted by Gasteiger charge is 2.15. The first-order chi connectivity index (χ1) is 12.5. The fraction of sp³-hybridized carbons (Fsp3) is 0.294. The van der Waals surface area contributed by atoms with Gasteiger partial charge in [0.05, 0.1) is 11.9 Å². The van der Waals surface area contributed by atoms with Crippen LogP contribution < -0.4 is 10.9 Å². The molecule has 1 N–H and O–H groups in total. The molecule has 2 aromatic heterocycles. The van der Waals surface area contributed by atoms with Gasteiger partial charge in [-0.2, -0.15) is 5.10 Å². The maximum absolute atomic E-state index is 12.6. The number of aryl methyl sites for hydroxylation is 1. The number of amides is 1. The van der Waals surface area contributed by atoms with Crippen molar-refractivity contribution in [3.8, 4) is 0 Å². The van der Waals surface area contributed by atoms with Crippen LogP contribution in [-0.2, 0) is 18.4 Å². The summed E-state index contributed by atoms with van der Waals surface area (Å²) < 4.78 is 4.11. The Morgan fingerprint density at radius 3 is 2.73 bits per heavy atom. The van der Waals surface area contributed by atoms with E-state index in [1.54, 1.807) is 22.5 Å². The molecule has 0 radical (unpaired) electrons. The molecule has 0 bridgehead atoms. The molecule has 0 atom stereocenters. The molecule has 0 spiro atoms. The van der Waals surface area contributed by atoms with Crippen LogP contribution >= 0.6 is 27.7 Å². The maximum Gasteiger partial charge on any atom is 0.282 e. The zero-order valence-electron chi connectivity index (χ0n) is 14.4. The summed E-state index contributed by atoms with van der Waals surface area (Å²) >= 11 is 4.61. The third-order valence-corrected chi connectivity index (χ3v) is 5.12. The lowest BCUT2D eigenvalue weighted by atomic mass is 10.3. The molecule has 3 rings (SSSR count). The lowest BCUT2D eigenvalue weighted by Gasteiger charge is -2.10. The number of fused-ring (bicyclic) bond motifs is 1. The molecule has 0 aliphatic rings. The summed E-state index contributed by atoms with van der Waals surface area (Å²) in [4.78, 5) is 29.4. The van der Waals surface area contributed by atoms with Crippen molar-refractivity contribution in [2.75, 3.05) is 11.1 Å². The predicted octanol–water partition coefficient (Wildman–Crippen LogP) is 3.03. The number of nitrogens with one attached hydrogen (secondary N) is 1. The molecule has 3 aromatic rings. The minimum atomic E-state index is -0.173. The molecule has 0 saturated heterocycles. The van der Waals surface area contributed by atoms with Gasteiger partial charge in [-0.3, -0.25) is 18.8 Å². The molecule has 136 valence electrons. The fourth-order valence-corrected chi connectivity index (χ4v) is 3.57. The van der Waals surface area contributed by atoms with Crippen molar-refractivity contribution < 1.29 is 4.79 Å². The monoisotopic (exact) mass is 435 g/mol. The van der Waals surface area contributed by atoms with Crippen molar-refractivity contribution >= 4 is 50.3 Å². The number of hydrogen-bond acceptors (Lipinski definition) is 5. The van der Waals surface area contributed by atoms with E-state index in [4.69, 9.17) is 0 Å². The van der Waals surface area contributed by atoms with Gasteiger partial charge in [-0.1, -0.05) is 34.6 Å². The Kier molecular flexibility index (Phi) is 5.77. The fourth-order valence-electron chi connectivity index (χ4n) is 2.48. The van der Waals surface area contributed by atoms with Crippen LogP contribution in [0.2, 0.25) is 0 Å². The van der Waals surface area contributed by atoms with E-state index >= 15 is 0 Å². The van der Waals surface area contributed by atoms with Crippen LogP contribution in [0.25, 0.3) is 11.0 Å². The summed E-state index contributed by atoms with van der Waals surface area (Å²) in [6, 6.07) is 7.36. The minimum absolute atomic E-state index is 0.152. The van der Waals surface area contributed by atoms with Gasteiger partial charge < -0.3 is 5.32 Å². The van der Waals surface area contributed by atoms with Crippen molar-refractivity contribution in [1.82, 2.24) is 19.3 Å². The molecule has 26 heavy (non-hydrogen) atoms. The van der Waals surface area contributed by atoms with Gasteiger partial charge in [-0.05, 0) is 30.7 Å². The van der Waals surface area contributed by atoms with E-state index in [1.165, 1.54) is 11.8 Å². The summed E-state index contributed by atoms with van der Waals surface area (Å²) in [7, 11) is 1.75. The standard InChI is InChI=1S/C17H18BrN5O2S/c1-3-8-23-16(25)15-13(9-22(2)21-15)20-17(23)26-10-14(24)19-12-6-4-11(18)5-7-12/h4-7,9H,3,8,10H2,1-2H3,(H,19,24). The number of aromatic nitrogens is 4. The Balaban J connectivity index is 1.78.